The zero-order valence-electron chi connectivity index (χ0n) is 10.2. The first kappa shape index (κ1) is 12.6. The lowest BCUT2D eigenvalue weighted by atomic mass is 10.0. The molecule has 1 aliphatic rings. The van der Waals surface area contributed by atoms with Crippen LogP contribution in [-0.2, 0) is 10.0 Å². The molecule has 1 atom stereocenters. The van der Waals surface area contributed by atoms with Crippen LogP contribution < -0.4 is 4.72 Å². The average Bonchev–Trinajstić information content (AvgIpc) is 2.86. The first-order chi connectivity index (χ1) is 7.99. The number of nitrogens with one attached hydrogen (secondary N) is 2. The van der Waals surface area contributed by atoms with Crippen molar-refractivity contribution < 1.29 is 8.42 Å². The average molecular weight is 257 g/mol. The van der Waals surface area contributed by atoms with Gasteiger partial charge in [-0.1, -0.05) is 12.8 Å². The molecule has 2 rings (SSSR count). The van der Waals surface area contributed by atoms with E-state index in [0.717, 1.165) is 12.8 Å². The quantitative estimate of drug-likeness (QED) is 0.860. The summed E-state index contributed by atoms with van der Waals surface area (Å²) in [5, 5.41) is 0.153. The van der Waals surface area contributed by atoms with Crippen LogP contribution in [0.3, 0.4) is 0 Å². The van der Waals surface area contributed by atoms with E-state index in [1.54, 1.807) is 6.92 Å². The molecule has 0 aliphatic heterocycles. The van der Waals surface area contributed by atoms with Gasteiger partial charge in [-0.2, -0.15) is 0 Å². The lowest BCUT2D eigenvalue weighted by Gasteiger charge is -2.19. The summed E-state index contributed by atoms with van der Waals surface area (Å²) in [4.78, 5) is 6.66. The summed E-state index contributed by atoms with van der Waals surface area (Å²) in [6.07, 6.45) is 6.01. The Hall–Kier alpha value is -0.880. The molecular formula is C11H19N3O2S. The zero-order chi connectivity index (χ0) is 12.5. The molecule has 0 radical (unpaired) electrons. The number of sulfonamides is 1. The van der Waals surface area contributed by atoms with Gasteiger partial charge in [-0.25, -0.2) is 18.1 Å². The van der Waals surface area contributed by atoms with Crippen molar-refractivity contribution in [2.45, 2.75) is 50.6 Å². The number of nitrogens with zero attached hydrogens (tertiary/aromatic N) is 1. The van der Waals surface area contributed by atoms with E-state index in [4.69, 9.17) is 0 Å². The highest BCUT2D eigenvalue weighted by molar-refractivity contribution is 7.89. The van der Waals surface area contributed by atoms with Crippen molar-refractivity contribution >= 4 is 10.0 Å². The van der Waals surface area contributed by atoms with Gasteiger partial charge in [0.25, 0.3) is 10.0 Å². The maximum Gasteiger partial charge on any atom is 0.257 e. The van der Waals surface area contributed by atoms with E-state index >= 15 is 0 Å². The third kappa shape index (κ3) is 2.87. The Morgan fingerprint density at radius 3 is 2.65 bits per heavy atom. The Bertz CT molecular complexity index is 475. The van der Waals surface area contributed by atoms with Gasteiger partial charge >= 0.3 is 0 Å². The number of aromatic amines is 1. The van der Waals surface area contributed by atoms with Crippen molar-refractivity contribution in [3.05, 3.63) is 12.0 Å². The van der Waals surface area contributed by atoms with Crippen molar-refractivity contribution in [1.82, 2.24) is 14.7 Å². The van der Waals surface area contributed by atoms with Gasteiger partial charge in [0.1, 0.15) is 5.82 Å². The fraction of sp³-hybridized carbons (Fsp3) is 0.727. The summed E-state index contributed by atoms with van der Waals surface area (Å²) >= 11 is 0. The smallest absolute Gasteiger partial charge is 0.257 e. The van der Waals surface area contributed by atoms with Gasteiger partial charge in [0.05, 0.1) is 6.20 Å². The first-order valence-electron chi connectivity index (χ1n) is 6.03. The van der Waals surface area contributed by atoms with Crippen LogP contribution >= 0.6 is 0 Å². The number of hydrogen-bond acceptors (Lipinski definition) is 3. The van der Waals surface area contributed by atoms with Crippen LogP contribution in [0, 0.1) is 12.8 Å². The molecule has 2 N–H and O–H groups in total. The molecule has 1 aliphatic carbocycles. The standard InChI is InChI=1S/C11H19N3O2S/c1-8(10-5-3-4-6-10)14-17(15,16)11-7-12-9(2)13-11/h7-8,10,14H,3-6H2,1-2H3,(H,12,13). The molecule has 0 saturated heterocycles. The van der Waals surface area contributed by atoms with E-state index in [1.165, 1.54) is 19.0 Å². The predicted molar refractivity (Wildman–Crippen MR) is 65.1 cm³/mol. The van der Waals surface area contributed by atoms with Crippen molar-refractivity contribution in [2.75, 3.05) is 0 Å². The molecule has 1 fully saturated rings. The monoisotopic (exact) mass is 257 g/mol. The lowest BCUT2D eigenvalue weighted by Crippen LogP contribution is -2.37. The van der Waals surface area contributed by atoms with Crippen molar-refractivity contribution in [2.24, 2.45) is 5.92 Å². The Morgan fingerprint density at radius 1 is 1.47 bits per heavy atom. The molecule has 6 heteroatoms. The molecule has 1 heterocycles. The maximum atomic E-state index is 12.0. The van der Waals surface area contributed by atoms with Gasteiger partial charge in [0, 0.05) is 6.04 Å². The summed E-state index contributed by atoms with van der Waals surface area (Å²) in [6, 6.07) is -0.00824. The van der Waals surface area contributed by atoms with Crippen molar-refractivity contribution in [3.8, 4) is 0 Å². The van der Waals surface area contributed by atoms with Gasteiger partial charge in [-0.05, 0) is 32.6 Å². The summed E-state index contributed by atoms with van der Waals surface area (Å²) < 4.78 is 26.8. The van der Waals surface area contributed by atoms with Gasteiger partial charge in [-0.3, -0.25) is 0 Å². The summed E-state index contributed by atoms with van der Waals surface area (Å²) in [5.74, 6) is 1.08. The molecule has 17 heavy (non-hydrogen) atoms. The topological polar surface area (TPSA) is 74.8 Å². The van der Waals surface area contributed by atoms with E-state index < -0.39 is 10.0 Å². The first-order valence-corrected chi connectivity index (χ1v) is 7.51. The van der Waals surface area contributed by atoms with Crippen LogP contribution in [0.5, 0.6) is 0 Å². The van der Waals surface area contributed by atoms with Crippen LogP contribution in [0.1, 0.15) is 38.4 Å². The predicted octanol–water partition coefficient (Wildman–Crippen LogP) is 1.58. The third-order valence-electron chi connectivity index (χ3n) is 3.42. The minimum atomic E-state index is -3.44. The second kappa shape index (κ2) is 4.78. The highest BCUT2D eigenvalue weighted by Crippen LogP contribution is 2.28. The molecule has 5 nitrogen and oxygen atoms in total. The fourth-order valence-electron chi connectivity index (χ4n) is 2.40. The number of hydrogen-bond donors (Lipinski definition) is 2. The molecule has 1 unspecified atom stereocenters. The molecule has 0 amide bonds. The second-order valence-electron chi connectivity index (χ2n) is 4.79. The number of rotatable bonds is 4. The summed E-state index contributed by atoms with van der Waals surface area (Å²) in [5.41, 5.74) is 0. The number of aromatic nitrogens is 2. The Morgan fingerprint density at radius 2 is 2.12 bits per heavy atom. The maximum absolute atomic E-state index is 12.0. The van der Waals surface area contributed by atoms with E-state index in [0.29, 0.717) is 11.7 Å². The van der Waals surface area contributed by atoms with Gasteiger partial charge in [0.15, 0.2) is 5.03 Å². The van der Waals surface area contributed by atoms with Crippen LogP contribution in [0.25, 0.3) is 0 Å². The van der Waals surface area contributed by atoms with E-state index in [9.17, 15) is 8.42 Å². The number of imidazole rings is 1. The molecule has 96 valence electrons. The fourth-order valence-corrected chi connectivity index (χ4v) is 3.68. The lowest BCUT2D eigenvalue weighted by molar-refractivity contribution is 0.423. The zero-order valence-corrected chi connectivity index (χ0v) is 11.0. The Balaban J connectivity index is 2.06. The van der Waals surface area contributed by atoms with Crippen LogP contribution in [0.4, 0.5) is 0 Å². The van der Waals surface area contributed by atoms with E-state index in [1.807, 2.05) is 6.92 Å². The molecule has 1 aromatic rings. The largest absolute Gasteiger partial charge is 0.332 e. The van der Waals surface area contributed by atoms with E-state index in [-0.39, 0.29) is 11.1 Å². The second-order valence-corrected chi connectivity index (χ2v) is 6.47. The number of H-pyrrole nitrogens is 1. The number of aryl methyl sites for hydroxylation is 1. The molecule has 1 aromatic heterocycles. The minimum absolute atomic E-state index is 0.00824. The Kier molecular flexibility index (Phi) is 3.53. The minimum Gasteiger partial charge on any atom is -0.332 e. The normalized spacial score (nSPS) is 19.6. The SMILES string of the molecule is Cc1ncc(S(=O)(=O)NC(C)C2CCCC2)[nH]1. The third-order valence-corrected chi connectivity index (χ3v) is 4.89. The highest BCUT2D eigenvalue weighted by atomic mass is 32.2. The molecule has 0 bridgehead atoms. The van der Waals surface area contributed by atoms with Crippen LogP contribution in [0.15, 0.2) is 11.2 Å². The highest BCUT2D eigenvalue weighted by Gasteiger charge is 2.26. The van der Waals surface area contributed by atoms with Crippen LogP contribution in [0.2, 0.25) is 0 Å². The van der Waals surface area contributed by atoms with Crippen molar-refractivity contribution in [3.63, 3.8) is 0 Å². The molecule has 0 spiro atoms. The van der Waals surface area contributed by atoms with Gasteiger partial charge < -0.3 is 4.98 Å². The van der Waals surface area contributed by atoms with Gasteiger partial charge in [0.2, 0.25) is 0 Å². The molecular weight excluding hydrogens is 238 g/mol. The van der Waals surface area contributed by atoms with Crippen LogP contribution in [-0.4, -0.2) is 24.4 Å². The Labute approximate surface area is 102 Å². The van der Waals surface area contributed by atoms with Crippen molar-refractivity contribution in [1.29, 1.82) is 0 Å². The van der Waals surface area contributed by atoms with E-state index in [2.05, 4.69) is 14.7 Å². The van der Waals surface area contributed by atoms with Gasteiger partial charge in [-0.15, -0.1) is 0 Å². The molecule has 0 aromatic carbocycles. The summed E-state index contributed by atoms with van der Waals surface area (Å²) in [7, 11) is -3.44. The molecule has 1 saturated carbocycles. The summed E-state index contributed by atoms with van der Waals surface area (Å²) in [6.45, 7) is 3.68.